The molecule has 0 aliphatic rings. The van der Waals surface area contributed by atoms with Crippen LogP contribution in [-0.4, -0.2) is 10.2 Å². The molecule has 0 aliphatic carbocycles. The third kappa shape index (κ3) is 2.24. The first-order valence-electron chi connectivity index (χ1n) is 4.50. The molecule has 0 saturated heterocycles. The van der Waals surface area contributed by atoms with Gasteiger partial charge in [0.25, 0.3) is 0 Å². The lowest BCUT2D eigenvalue weighted by molar-refractivity contribution is 0.462. The molecule has 0 amide bonds. The summed E-state index contributed by atoms with van der Waals surface area (Å²) in [5.74, 6) is -0.227. The van der Waals surface area contributed by atoms with Gasteiger partial charge in [-0.15, -0.1) is 22.7 Å². The number of aliphatic hydroxyl groups is 2. The van der Waals surface area contributed by atoms with Crippen LogP contribution < -0.4 is 0 Å². The molecule has 2 aromatic heterocycles. The smallest absolute Gasteiger partial charge is 0.176 e. The monoisotopic (exact) mass is 272 g/mol. The largest absolute Gasteiger partial charge is 0.503 e. The Morgan fingerprint density at radius 3 is 2.06 bits per heavy atom. The molecule has 0 bridgehead atoms. The number of rotatable bonds is 2. The molecule has 2 nitrogen and oxygen atoms in total. The molecule has 0 atom stereocenters. The maximum Gasteiger partial charge on any atom is 0.176 e. The van der Waals surface area contributed by atoms with Gasteiger partial charge in [0.1, 0.15) is 0 Å². The summed E-state index contributed by atoms with van der Waals surface area (Å²) in [4.78, 5) is 1.22. The van der Waals surface area contributed by atoms with Crippen molar-refractivity contribution in [1.82, 2.24) is 0 Å². The van der Waals surface area contributed by atoms with Crippen LogP contribution in [0.25, 0.3) is 11.5 Å². The van der Waals surface area contributed by atoms with Gasteiger partial charge in [0.2, 0.25) is 0 Å². The average Bonchev–Trinajstić information content (AvgIpc) is 2.85. The summed E-state index contributed by atoms with van der Waals surface area (Å²) in [7, 11) is 0. The van der Waals surface area contributed by atoms with Crippen molar-refractivity contribution in [2.24, 2.45) is 0 Å². The van der Waals surface area contributed by atoms with E-state index in [4.69, 9.17) is 11.6 Å². The van der Waals surface area contributed by atoms with E-state index in [2.05, 4.69) is 0 Å². The molecule has 0 spiro atoms. The Balaban J connectivity index is 2.41. The fourth-order valence-electron chi connectivity index (χ4n) is 1.23. The lowest BCUT2D eigenvalue weighted by atomic mass is 10.2. The Morgan fingerprint density at radius 1 is 1.06 bits per heavy atom. The van der Waals surface area contributed by atoms with Gasteiger partial charge in [0.15, 0.2) is 11.5 Å². The highest BCUT2D eigenvalue weighted by molar-refractivity contribution is 7.12. The molecular formula is C11H9ClO2S2. The lowest BCUT2D eigenvalue weighted by Crippen LogP contribution is -1.85. The van der Waals surface area contributed by atoms with E-state index in [0.29, 0.717) is 14.8 Å². The van der Waals surface area contributed by atoms with Crippen molar-refractivity contribution >= 4 is 45.8 Å². The molecule has 5 heteroatoms. The number of thiophene rings is 2. The second-order valence-electron chi connectivity index (χ2n) is 3.31. The van der Waals surface area contributed by atoms with E-state index in [1.54, 1.807) is 11.4 Å². The summed E-state index contributed by atoms with van der Waals surface area (Å²) >= 11 is 8.44. The summed E-state index contributed by atoms with van der Waals surface area (Å²) in [6.45, 7) is 1.94. The summed E-state index contributed by atoms with van der Waals surface area (Å²) in [5, 5.41) is 23.9. The predicted molar refractivity (Wildman–Crippen MR) is 70.5 cm³/mol. The highest BCUT2D eigenvalue weighted by atomic mass is 35.5. The molecule has 0 radical (unpaired) electrons. The second kappa shape index (κ2) is 4.49. The molecule has 0 aliphatic heterocycles. The maximum atomic E-state index is 9.87. The first kappa shape index (κ1) is 11.5. The van der Waals surface area contributed by atoms with Crippen molar-refractivity contribution in [3.8, 4) is 0 Å². The average molecular weight is 273 g/mol. The van der Waals surface area contributed by atoms with Gasteiger partial charge >= 0.3 is 0 Å². The van der Waals surface area contributed by atoms with Gasteiger partial charge in [-0.2, -0.15) is 0 Å². The number of aryl methyl sites for hydroxylation is 1. The van der Waals surface area contributed by atoms with Crippen molar-refractivity contribution < 1.29 is 10.2 Å². The highest BCUT2D eigenvalue weighted by Gasteiger charge is 2.12. The van der Waals surface area contributed by atoms with Gasteiger partial charge in [-0.25, -0.2) is 0 Å². The summed E-state index contributed by atoms with van der Waals surface area (Å²) in [6.07, 6.45) is 0. The Morgan fingerprint density at radius 2 is 1.62 bits per heavy atom. The SMILES string of the molecule is Cc1csc(/C(O)=C(\O)c2cc(Cl)cs2)c1. The van der Waals surface area contributed by atoms with Crippen LogP contribution in [0.15, 0.2) is 22.9 Å². The quantitative estimate of drug-likeness (QED) is 0.777. The zero-order valence-corrected chi connectivity index (χ0v) is 10.8. The lowest BCUT2D eigenvalue weighted by Gasteiger charge is -1.99. The fraction of sp³-hybridized carbons (Fsp3) is 0.0909. The van der Waals surface area contributed by atoms with Crippen molar-refractivity contribution in [1.29, 1.82) is 0 Å². The Labute approximate surface area is 106 Å². The zero-order chi connectivity index (χ0) is 11.7. The highest BCUT2D eigenvalue weighted by Crippen LogP contribution is 2.31. The fourth-order valence-corrected chi connectivity index (χ4v) is 3.09. The minimum atomic E-state index is -0.126. The van der Waals surface area contributed by atoms with Crippen LogP contribution in [0, 0.1) is 6.92 Å². The maximum absolute atomic E-state index is 9.87. The van der Waals surface area contributed by atoms with Crippen molar-refractivity contribution in [2.45, 2.75) is 6.92 Å². The van der Waals surface area contributed by atoms with Crippen LogP contribution in [0.1, 0.15) is 15.3 Å². The minimum Gasteiger partial charge on any atom is -0.503 e. The van der Waals surface area contributed by atoms with Crippen LogP contribution in [-0.2, 0) is 0 Å². The molecule has 0 saturated carbocycles. The van der Waals surface area contributed by atoms with Gasteiger partial charge in [-0.1, -0.05) is 11.6 Å². The Kier molecular flexibility index (Phi) is 3.23. The van der Waals surface area contributed by atoms with Crippen LogP contribution in [0.3, 0.4) is 0 Å². The summed E-state index contributed by atoms with van der Waals surface area (Å²) in [5.41, 5.74) is 1.06. The Bertz CT molecular complexity index is 491. The van der Waals surface area contributed by atoms with E-state index in [1.807, 2.05) is 18.4 Å². The van der Waals surface area contributed by atoms with Crippen molar-refractivity contribution in [2.75, 3.05) is 0 Å². The van der Waals surface area contributed by atoms with Crippen molar-refractivity contribution in [3.05, 3.63) is 43.2 Å². The number of hydrogen-bond acceptors (Lipinski definition) is 4. The molecule has 0 fully saturated rings. The standard InChI is InChI=1S/C11H9ClO2S2/c1-6-2-8(15-4-6)10(13)11(14)9-3-7(12)5-16-9/h2-5,13-14H,1H3/b11-10+. The molecule has 2 N–H and O–H groups in total. The van der Waals surface area contributed by atoms with E-state index in [9.17, 15) is 10.2 Å². The van der Waals surface area contributed by atoms with Gasteiger partial charge < -0.3 is 10.2 Å². The topological polar surface area (TPSA) is 40.5 Å². The third-order valence-electron chi connectivity index (χ3n) is 1.99. The van der Waals surface area contributed by atoms with Crippen LogP contribution in [0.4, 0.5) is 0 Å². The number of aliphatic hydroxyl groups excluding tert-OH is 2. The normalized spacial score (nSPS) is 12.6. The van der Waals surface area contributed by atoms with Crippen molar-refractivity contribution in [3.63, 3.8) is 0 Å². The van der Waals surface area contributed by atoms with Crippen LogP contribution in [0.5, 0.6) is 0 Å². The Hall–Kier alpha value is -0.970. The number of hydrogen-bond donors (Lipinski definition) is 2. The molecular weight excluding hydrogens is 264 g/mol. The van der Waals surface area contributed by atoms with Crippen LogP contribution >= 0.6 is 34.3 Å². The molecule has 2 rings (SSSR count). The first-order chi connectivity index (χ1) is 7.58. The molecule has 16 heavy (non-hydrogen) atoms. The second-order valence-corrected chi connectivity index (χ2v) is 5.57. The van der Waals surface area contributed by atoms with Gasteiger partial charge in [0.05, 0.1) is 14.8 Å². The molecule has 84 valence electrons. The number of halogens is 1. The van der Waals surface area contributed by atoms with E-state index >= 15 is 0 Å². The van der Waals surface area contributed by atoms with E-state index < -0.39 is 0 Å². The van der Waals surface area contributed by atoms with E-state index in [-0.39, 0.29) is 11.5 Å². The molecule has 0 aromatic carbocycles. The van der Waals surface area contributed by atoms with Crippen LogP contribution in [0.2, 0.25) is 5.02 Å². The molecule has 0 unspecified atom stereocenters. The van der Waals surface area contributed by atoms with E-state index in [1.165, 1.54) is 22.7 Å². The minimum absolute atomic E-state index is 0.100. The summed E-state index contributed by atoms with van der Waals surface area (Å²) in [6, 6.07) is 3.45. The van der Waals surface area contributed by atoms with Gasteiger partial charge in [-0.3, -0.25) is 0 Å². The van der Waals surface area contributed by atoms with Gasteiger partial charge in [-0.05, 0) is 30.0 Å². The third-order valence-corrected chi connectivity index (χ3v) is 4.33. The zero-order valence-electron chi connectivity index (χ0n) is 8.40. The predicted octanol–water partition coefficient (Wildman–Crippen LogP) is 4.71. The molecule has 2 aromatic rings. The van der Waals surface area contributed by atoms with E-state index in [0.717, 1.165) is 5.56 Å². The van der Waals surface area contributed by atoms with Gasteiger partial charge in [0, 0.05) is 5.38 Å². The summed E-state index contributed by atoms with van der Waals surface area (Å²) < 4.78 is 0. The first-order valence-corrected chi connectivity index (χ1v) is 6.64. The molecule has 2 heterocycles.